The maximum atomic E-state index is 11.9. The van der Waals surface area contributed by atoms with Crippen LogP contribution in [0, 0.1) is 12.8 Å². The van der Waals surface area contributed by atoms with Crippen molar-refractivity contribution in [3.05, 3.63) is 35.7 Å². The molecule has 1 aliphatic rings. The summed E-state index contributed by atoms with van der Waals surface area (Å²) in [5.41, 5.74) is 1.87. The van der Waals surface area contributed by atoms with Crippen molar-refractivity contribution in [2.75, 3.05) is 0 Å². The lowest BCUT2D eigenvalue weighted by Crippen LogP contribution is -2.30. The molecule has 6 heteroatoms. The second-order valence-electron chi connectivity index (χ2n) is 5.25. The molecule has 0 N–H and O–H groups in total. The molecule has 0 radical (unpaired) electrons. The van der Waals surface area contributed by atoms with Gasteiger partial charge in [0.25, 0.3) is 5.89 Å². The Kier molecular flexibility index (Phi) is 3.29. The average molecular weight is 285 g/mol. The van der Waals surface area contributed by atoms with Crippen LogP contribution in [0.15, 0.2) is 28.8 Å². The number of imide groups is 1. The molecular formula is C15H15N3O3. The highest BCUT2D eigenvalue weighted by molar-refractivity contribution is 6.03. The van der Waals surface area contributed by atoms with Crippen molar-refractivity contribution in [3.63, 3.8) is 0 Å². The number of aryl methyl sites for hydroxylation is 1. The number of carbonyl (C=O) groups is 2. The van der Waals surface area contributed by atoms with Crippen LogP contribution in [0.1, 0.15) is 24.7 Å². The van der Waals surface area contributed by atoms with Gasteiger partial charge < -0.3 is 4.52 Å². The summed E-state index contributed by atoms with van der Waals surface area (Å²) in [5, 5.41) is 3.86. The molecule has 0 bridgehead atoms. The van der Waals surface area contributed by atoms with Crippen molar-refractivity contribution in [2.24, 2.45) is 5.92 Å². The van der Waals surface area contributed by atoms with E-state index in [1.165, 1.54) is 4.90 Å². The van der Waals surface area contributed by atoms with Gasteiger partial charge in [0, 0.05) is 17.9 Å². The van der Waals surface area contributed by atoms with Crippen LogP contribution in [0.25, 0.3) is 11.5 Å². The Morgan fingerprint density at radius 3 is 2.76 bits per heavy atom. The largest absolute Gasteiger partial charge is 0.334 e. The Labute approximate surface area is 121 Å². The highest BCUT2D eigenvalue weighted by atomic mass is 16.5. The first-order valence-corrected chi connectivity index (χ1v) is 6.79. The van der Waals surface area contributed by atoms with Gasteiger partial charge >= 0.3 is 0 Å². The molecule has 6 nitrogen and oxygen atoms in total. The van der Waals surface area contributed by atoms with Crippen molar-refractivity contribution in [2.45, 2.75) is 26.8 Å². The maximum absolute atomic E-state index is 11.9. The summed E-state index contributed by atoms with van der Waals surface area (Å²) in [6, 6.07) is 7.66. The molecule has 0 saturated carbocycles. The maximum Gasteiger partial charge on any atom is 0.258 e. The fourth-order valence-corrected chi connectivity index (χ4v) is 2.40. The van der Waals surface area contributed by atoms with Gasteiger partial charge in [-0.05, 0) is 18.6 Å². The van der Waals surface area contributed by atoms with Gasteiger partial charge in [0.15, 0.2) is 5.82 Å². The highest BCUT2D eigenvalue weighted by Crippen LogP contribution is 2.23. The molecular weight excluding hydrogens is 270 g/mol. The third-order valence-corrected chi connectivity index (χ3v) is 3.61. The zero-order valence-electron chi connectivity index (χ0n) is 11.9. The van der Waals surface area contributed by atoms with E-state index in [0.29, 0.717) is 11.7 Å². The summed E-state index contributed by atoms with van der Waals surface area (Å²) in [6.45, 7) is 3.76. The van der Waals surface area contributed by atoms with Crippen LogP contribution in [-0.2, 0) is 16.1 Å². The predicted molar refractivity (Wildman–Crippen MR) is 73.8 cm³/mol. The van der Waals surface area contributed by atoms with Gasteiger partial charge in [0.2, 0.25) is 11.8 Å². The number of rotatable bonds is 3. The summed E-state index contributed by atoms with van der Waals surface area (Å²) in [7, 11) is 0. The van der Waals surface area contributed by atoms with E-state index in [2.05, 4.69) is 10.1 Å². The Hall–Kier alpha value is -2.50. The van der Waals surface area contributed by atoms with E-state index in [1.807, 2.05) is 31.2 Å². The van der Waals surface area contributed by atoms with Gasteiger partial charge in [0.1, 0.15) is 0 Å². The molecule has 108 valence electrons. The number of hydrogen-bond acceptors (Lipinski definition) is 5. The van der Waals surface area contributed by atoms with Crippen LogP contribution in [0.3, 0.4) is 0 Å². The average Bonchev–Trinajstić information content (AvgIpc) is 3.01. The van der Waals surface area contributed by atoms with Gasteiger partial charge in [-0.2, -0.15) is 4.98 Å². The van der Waals surface area contributed by atoms with Crippen LogP contribution in [-0.4, -0.2) is 26.9 Å². The van der Waals surface area contributed by atoms with Gasteiger partial charge in [0.05, 0.1) is 6.54 Å². The van der Waals surface area contributed by atoms with Crippen molar-refractivity contribution in [3.8, 4) is 11.5 Å². The number of aromatic nitrogens is 2. The lowest BCUT2D eigenvalue weighted by molar-refractivity contribution is -0.140. The van der Waals surface area contributed by atoms with Crippen LogP contribution < -0.4 is 0 Å². The molecule has 1 atom stereocenters. The minimum atomic E-state index is -0.264. The summed E-state index contributed by atoms with van der Waals surface area (Å²) >= 11 is 0. The first kappa shape index (κ1) is 13.5. The molecule has 1 unspecified atom stereocenters. The second-order valence-corrected chi connectivity index (χ2v) is 5.25. The fourth-order valence-electron chi connectivity index (χ4n) is 2.40. The quantitative estimate of drug-likeness (QED) is 0.805. The lowest BCUT2D eigenvalue weighted by atomic mass is 10.1. The Morgan fingerprint density at radius 2 is 2.10 bits per heavy atom. The Bertz CT molecular complexity index is 708. The molecule has 0 spiro atoms. The third kappa shape index (κ3) is 2.44. The van der Waals surface area contributed by atoms with Gasteiger partial charge in [-0.25, -0.2) is 0 Å². The van der Waals surface area contributed by atoms with Crippen molar-refractivity contribution in [1.29, 1.82) is 0 Å². The van der Waals surface area contributed by atoms with Gasteiger partial charge in [-0.15, -0.1) is 0 Å². The summed E-state index contributed by atoms with van der Waals surface area (Å²) in [4.78, 5) is 29.1. The predicted octanol–water partition coefficient (Wildman–Crippen LogP) is 1.94. The molecule has 1 fully saturated rings. The van der Waals surface area contributed by atoms with Crippen LogP contribution in [0.4, 0.5) is 0 Å². The monoisotopic (exact) mass is 285 g/mol. The standard InChI is InChI=1S/C15H15N3O3/c1-9-5-3-4-6-11(9)14-16-12(17-21-14)8-18-13(19)7-10(2)15(18)20/h3-6,10H,7-8H2,1-2H3. The first-order valence-electron chi connectivity index (χ1n) is 6.79. The fraction of sp³-hybridized carbons (Fsp3) is 0.333. The number of likely N-dealkylation sites (tertiary alicyclic amines) is 1. The zero-order valence-corrected chi connectivity index (χ0v) is 11.9. The van der Waals surface area contributed by atoms with E-state index >= 15 is 0 Å². The third-order valence-electron chi connectivity index (χ3n) is 3.61. The zero-order chi connectivity index (χ0) is 15.0. The molecule has 0 aliphatic carbocycles. The Morgan fingerprint density at radius 1 is 1.33 bits per heavy atom. The van der Waals surface area contributed by atoms with E-state index in [4.69, 9.17) is 4.52 Å². The van der Waals surface area contributed by atoms with Crippen molar-refractivity contribution >= 4 is 11.8 Å². The van der Waals surface area contributed by atoms with E-state index < -0.39 is 0 Å². The van der Waals surface area contributed by atoms with Gasteiger partial charge in [-0.1, -0.05) is 30.3 Å². The highest BCUT2D eigenvalue weighted by Gasteiger charge is 2.36. The van der Waals surface area contributed by atoms with E-state index in [9.17, 15) is 9.59 Å². The SMILES string of the molecule is Cc1ccccc1-c1nc(CN2C(=O)CC(C)C2=O)no1. The number of amides is 2. The molecule has 21 heavy (non-hydrogen) atoms. The topological polar surface area (TPSA) is 76.3 Å². The van der Waals surface area contributed by atoms with E-state index in [1.54, 1.807) is 6.92 Å². The molecule has 1 saturated heterocycles. The van der Waals surface area contributed by atoms with Crippen molar-refractivity contribution in [1.82, 2.24) is 15.0 Å². The smallest absolute Gasteiger partial charge is 0.258 e. The number of benzene rings is 1. The summed E-state index contributed by atoms with van der Waals surface area (Å²) < 4.78 is 5.23. The first-order chi connectivity index (χ1) is 10.1. The van der Waals surface area contributed by atoms with Crippen LogP contribution >= 0.6 is 0 Å². The molecule has 2 aromatic rings. The number of nitrogens with zero attached hydrogens (tertiary/aromatic N) is 3. The molecule has 2 amide bonds. The number of carbonyl (C=O) groups excluding carboxylic acids is 2. The minimum absolute atomic E-state index is 0.0669. The second kappa shape index (κ2) is 5.12. The van der Waals surface area contributed by atoms with E-state index in [-0.39, 0.29) is 30.7 Å². The molecule has 3 rings (SSSR count). The molecule has 1 aromatic heterocycles. The lowest BCUT2D eigenvalue weighted by Gasteiger charge is -2.10. The Balaban J connectivity index is 1.82. The van der Waals surface area contributed by atoms with Crippen molar-refractivity contribution < 1.29 is 14.1 Å². The molecule has 1 aliphatic heterocycles. The molecule has 2 heterocycles. The number of hydrogen-bond donors (Lipinski definition) is 0. The van der Waals surface area contributed by atoms with E-state index in [0.717, 1.165) is 11.1 Å². The van der Waals surface area contributed by atoms with Gasteiger partial charge in [-0.3, -0.25) is 14.5 Å². The summed E-state index contributed by atoms with van der Waals surface area (Å²) in [6.07, 6.45) is 0.251. The minimum Gasteiger partial charge on any atom is -0.334 e. The van der Waals surface area contributed by atoms with Crippen LogP contribution in [0.2, 0.25) is 0 Å². The summed E-state index contributed by atoms with van der Waals surface area (Å²) in [5.74, 6) is 0.108. The van der Waals surface area contributed by atoms with Crippen LogP contribution in [0.5, 0.6) is 0 Å². The normalized spacial score (nSPS) is 18.6. The molecule has 1 aromatic carbocycles.